The van der Waals surface area contributed by atoms with Gasteiger partial charge in [0.1, 0.15) is 5.82 Å². The van der Waals surface area contributed by atoms with E-state index in [1.54, 1.807) is 0 Å². The maximum atomic E-state index is 13.3. The molecule has 0 heterocycles. The van der Waals surface area contributed by atoms with Crippen LogP contribution in [0.15, 0.2) is 18.2 Å². The molecule has 106 valence electrons. The molecule has 1 aromatic carbocycles. The molecule has 0 bridgehead atoms. The van der Waals surface area contributed by atoms with Crippen molar-refractivity contribution in [2.24, 2.45) is 0 Å². The average molecular weight is 278 g/mol. The first-order chi connectivity index (χ1) is 8.86. The van der Waals surface area contributed by atoms with Crippen molar-refractivity contribution in [2.45, 2.75) is 13.1 Å². The smallest absolute Gasteiger partial charge is 0.351 e. The van der Waals surface area contributed by atoms with Crippen LogP contribution < -0.4 is 10.6 Å². The van der Waals surface area contributed by atoms with Crippen LogP contribution in [0.25, 0.3) is 0 Å². The van der Waals surface area contributed by atoms with Crippen LogP contribution in [0.3, 0.4) is 0 Å². The topological polar surface area (TPSA) is 41.1 Å². The fourth-order valence-corrected chi connectivity index (χ4v) is 1.41. The summed E-state index contributed by atoms with van der Waals surface area (Å²) in [5.41, 5.74) is -1.66. The van der Waals surface area contributed by atoms with Gasteiger partial charge in [-0.2, -0.15) is 13.2 Å². The Morgan fingerprint density at radius 2 is 1.95 bits per heavy atom. The summed E-state index contributed by atoms with van der Waals surface area (Å²) in [6, 6.07) is 1.75. The molecule has 19 heavy (non-hydrogen) atoms. The number of nitrogens with one attached hydrogen (secondary N) is 2. The van der Waals surface area contributed by atoms with Gasteiger partial charge in [-0.1, -0.05) is 6.92 Å². The van der Waals surface area contributed by atoms with E-state index in [4.69, 9.17) is 0 Å². The molecule has 1 rings (SSSR count). The standard InChI is InChI=1S/C12H14F4N2O/c1-2-17-5-6-18-11(19)9-7-8(12(14,15)16)3-4-10(9)13/h3-4,7,17H,2,5-6H2,1H3,(H,18,19). The molecule has 0 aliphatic carbocycles. The maximum absolute atomic E-state index is 13.3. The lowest BCUT2D eigenvalue weighted by Crippen LogP contribution is -2.32. The predicted octanol–water partition coefficient (Wildman–Crippen LogP) is 2.18. The number of benzene rings is 1. The van der Waals surface area contributed by atoms with Crippen molar-refractivity contribution in [3.8, 4) is 0 Å². The molecule has 0 fully saturated rings. The van der Waals surface area contributed by atoms with E-state index in [2.05, 4.69) is 10.6 Å². The molecule has 1 amide bonds. The van der Waals surface area contributed by atoms with E-state index in [0.29, 0.717) is 31.3 Å². The minimum atomic E-state index is -4.60. The first kappa shape index (κ1) is 15.4. The second-order valence-corrected chi connectivity index (χ2v) is 3.80. The number of rotatable bonds is 5. The normalized spacial score (nSPS) is 11.4. The monoisotopic (exact) mass is 278 g/mol. The van der Waals surface area contributed by atoms with E-state index < -0.39 is 29.0 Å². The first-order valence-electron chi connectivity index (χ1n) is 5.72. The summed E-state index contributed by atoms with van der Waals surface area (Å²) in [7, 11) is 0. The van der Waals surface area contributed by atoms with E-state index in [0.717, 1.165) is 0 Å². The van der Waals surface area contributed by atoms with Gasteiger partial charge in [-0.15, -0.1) is 0 Å². The fourth-order valence-electron chi connectivity index (χ4n) is 1.41. The highest BCUT2D eigenvalue weighted by Gasteiger charge is 2.31. The second kappa shape index (κ2) is 6.51. The van der Waals surface area contributed by atoms with Gasteiger partial charge >= 0.3 is 6.18 Å². The van der Waals surface area contributed by atoms with Gasteiger partial charge in [-0.05, 0) is 24.7 Å². The number of carbonyl (C=O) groups is 1. The Morgan fingerprint density at radius 1 is 1.26 bits per heavy atom. The molecule has 0 aliphatic rings. The Bertz CT molecular complexity index is 446. The molecule has 7 heteroatoms. The Morgan fingerprint density at radius 3 is 2.53 bits per heavy atom. The summed E-state index contributed by atoms with van der Waals surface area (Å²) in [5.74, 6) is -1.84. The van der Waals surface area contributed by atoms with Crippen molar-refractivity contribution in [3.63, 3.8) is 0 Å². The van der Waals surface area contributed by atoms with Crippen molar-refractivity contribution < 1.29 is 22.4 Å². The lowest BCUT2D eigenvalue weighted by molar-refractivity contribution is -0.137. The van der Waals surface area contributed by atoms with Crippen LogP contribution in [0.4, 0.5) is 17.6 Å². The molecule has 0 atom stereocenters. The number of alkyl halides is 3. The summed E-state index contributed by atoms with van der Waals surface area (Å²) >= 11 is 0. The second-order valence-electron chi connectivity index (χ2n) is 3.80. The first-order valence-corrected chi connectivity index (χ1v) is 5.72. The highest BCUT2D eigenvalue weighted by molar-refractivity contribution is 5.94. The molecule has 3 nitrogen and oxygen atoms in total. The van der Waals surface area contributed by atoms with Crippen LogP contribution in [0.5, 0.6) is 0 Å². The number of carbonyl (C=O) groups excluding carboxylic acids is 1. The minimum Gasteiger partial charge on any atom is -0.351 e. The van der Waals surface area contributed by atoms with Crippen molar-refractivity contribution in [1.82, 2.24) is 10.6 Å². The third-order valence-electron chi connectivity index (χ3n) is 2.38. The highest BCUT2D eigenvalue weighted by atomic mass is 19.4. The van der Waals surface area contributed by atoms with Crippen molar-refractivity contribution >= 4 is 5.91 Å². The molecular formula is C12H14F4N2O. The number of amides is 1. The van der Waals surface area contributed by atoms with Crippen LogP contribution in [0.1, 0.15) is 22.8 Å². The SMILES string of the molecule is CCNCCNC(=O)c1cc(C(F)(F)F)ccc1F. The van der Waals surface area contributed by atoms with Crippen LogP contribution >= 0.6 is 0 Å². The molecule has 0 spiro atoms. The average Bonchev–Trinajstić information content (AvgIpc) is 2.33. The molecular weight excluding hydrogens is 264 g/mol. The van der Waals surface area contributed by atoms with Crippen molar-refractivity contribution in [2.75, 3.05) is 19.6 Å². The van der Waals surface area contributed by atoms with E-state index >= 15 is 0 Å². The summed E-state index contributed by atoms with van der Waals surface area (Å²) in [5, 5.41) is 5.26. The van der Waals surface area contributed by atoms with E-state index in [9.17, 15) is 22.4 Å². The van der Waals surface area contributed by atoms with Crippen LogP contribution in [-0.4, -0.2) is 25.5 Å². The molecule has 1 aromatic rings. The fraction of sp³-hybridized carbons (Fsp3) is 0.417. The number of likely N-dealkylation sites (N-methyl/N-ethyl adjacent to an activating group) is 1. The number of hydrogen-bond acceptors (Lipinski definition) is 2. The largest absolute Gasteiger partial charge is 0.416 e. The Balaban J connectivity index is 2.78. The Labute approximate surface area is 108 Å². The van der Waals surface area contributed by atoms with Gasteiger partial charge in [0.25, 0.3) is 5.91 Å². The minimum absolute atomic E-state index is 0.211. The molecule has 2 N–H and O–H groups in total. The summed E-state index contributed by atoms with van der Waals surface area (Å²) < 4.78 is 50.7. The summed E-state index contributed by atoms with van der Waals surface area (Å²) in [6.45, 7) is 3.24. The van der Waals surface area contributed by atoms with Crippen LogP contribution in [0.2, 0.25) is 0 Å². The van der Waals surface area contributed by atoms with Gasteiger partial charge in [-0.3, -0.25) is 4.79 Å². The number of halogens is 4. The molecule has 0 radical (unpaired) electrons. The van der Waals surface area contributed by atoms with E-state index in [-0.39, 0.29) is 6.54 Å². The third kappa shape index (κ3) is 4.51. The molecule has 0 saturated heterocycles. The molecule has 0 aromatic heterocycles. The highest BCUT2D eigenvalue weighted by Crippen LogP contribution is 2.30. The number of hydrogen-bond donors (Lipinski definition) is 2. The quantitative estimate of drug-likeness (QED) is 0.640. The zero-order valence-corrected chi connectivity index (χ0v) is 10.3. The van der Waals surface area contributed by atoms with Gasteiger partial charge in [0, 0.05) is 13.1 Å². The molecule has 0 saturated carbocycles. The Hall–Kier alpha value is -1.63. The van der Waals surface area contributed by atoms with Gasteiger partial charge in [0.2, 0.25) is 0 Å². The maximum Gasteiger partial charge on any atom is 0.416 e. The third-order valence-corrected chi connectivity index (χ3v) is 2.38. The van der Waals surface area contributed by atoms with Crippen molar-refractivity contribution in [3.05, 3.63) is 35.1 Å². The van der Waals surface area contributed by atoms with E-state index in [1.165, 1.54) is 0 Å². The van der Waals surface area contributed by atoms with Crippen molar-refractivity contribution in [1.29, 1.82) is 0 Å². The lowest BCUT2D eigenvalue weighted by Gasteiger charge is -2.10. The van der Waals surface area contributed by atoms with Gasteiger partial charge in [0.05, 0.1) is 11.1 Å². The zero-order chi connectivity index (χ0) is 14.5. The van der Waals surface area contributed by atoms with E-state index in [1.807, 2.05) is 6.92 Å². The van der Waals surface area contributed by atoms with Crippen LogP contribution in [-0.2, 0) is 6.18 Å². The molecule has 0 aliphatic heterocycles. The van der Waals surface area contributed by atoms with Gasteiger partial charge < -0.3 is 10.6 Å². The summed E-state index contributed by atoms with van der Waals surface area (Å²) in [6.07, 6.45) is -4.60. The van der Waals surface area contributed by atoms with Gasteiger partial charge in [0.15, 0.2) is 0 Å². The predicted molar refractivity (Wildman–Crippen MR) is 62.3 cm³/mol. The zero-order valence-electron chi connectivity index (χ0n) is 10.3. The Kier molecular flexibility index (Phi) is 5.29. The molecule has 0 unspecified atom stereocenters. The lowest BCUT2D eigenvalue weighted by atomic mass is 10.1. The summed E-state index contributed by atoms with van der Waals surface area (Å²) in [4.78, 5) is 11.6. The van der Waals surface area contributed by atoms with Crippen LogP contribution in [0, 0.1) is 5.82 Å². The van der Waals surface area contributed by atoms with Gasteiger partial charge in [-0.25, -0.2) is 4.39 Å².